The summed E-state index contributed by atoms with van der Waals surface area (Å²) in [5, 5.41) is 8.70. The Morgan fingerprint density at radius 1 is 1.25 bits per heavy atom. The Labute approximate surface area is 69.7 Å². The summed E-state index contributed by atoms with van der Waals surface area (Å²) in [5.41, 5.74) is 0.475. The van der Waals surface area contributed by atoms with E-state index in [0.717, 1.165) is 0 Å². The maximum absolute atomic E-state index is 13.0. The zero-order chi connectivity index (χ0) is 9.30. The van der Waals surface area contributed by atoms with E-state index in [9.17, 15) is 8.78 Å². The number of aliphatic hydroxyl groups excluding tert-OH is 1. The first-order valence-electron chi connectivity index (χ1n) is 3.63. The molecule has 0 saturated heterocycles. The van der Waals surface area contributed by atoms with Crippen molar-refractivity contribution in [3.05, 3.63) is 34.4 Å². The smallest absolute Gasteiger partial charge is 0.134 e. The molecular weight excluding hydrogens is 162 g/mol. The standard InChI is InChI=1S/C9H10F2O/c1-5-3-7(4-12)9(11)6(2)8(5)10/h3,12H,4H2,1-2H3. The van der Waals surface area contributed by atoms with Gasteiger partial charge in [-0.3, -0.25) is 0 Å². The molecule has 0 heterocycles. The van der Waals surface area contributed by atoms with Crippen molar-refractivity contribution >= 4 is 0 Å². The van der Waals surface area contributed by atoms with Crippen LogP contribution in [0.3, 0.4) is 0 Å². The quantitative estimate of drug-likeness (QED) is 0.687. The third kappa shape index (κ3) is 1.32. The average Bonchev–Trinajstić information content (AvgIpc) is 2.08. The van der Waals surface area contributed by atoms with E-state index >= 15 is 0 Å². The summed E-state index contributed by atoms with van der Waals surface area (Å²) in [5.74, 6) is -1.19. The Hall–Kier alpha value is -0.960. The third-order valence-electron chi connectivity index (χ3n) is 1.85. The molecule has 0 spiro atoms. The van der Waals surface area contributed by atoms with Crippen molar-refractivity contribution in [1.29, 1.82) is 0 Å². The van der Waals surface area contributed by atoms with Gasteiger partial charge >= 0.3 is 0 Å². The van der Waals surface area contributed by atoms with Crippen molar-refractivity contribution in [1.82, 2.24) is 0 Å². The van der Waals surface area contributed by atoms with E-state index in [1.807, 2.05) is 0 Å². The van der Waals surface area contributed by atoms with E-state index in [4.69, 9.17) is 5.11 Å². The number of rotatable bonds is 1. The van der Waals surface area contributed by atoms with Crippen molar-refractivity contribution < 1.29 is 13.9 Å². The maximum atomic E-state index is 13.0. The summed E-state index contributed by atoms with van der Waals surface area (Å²) in [6.07, 6.45) is 0. The number of benzene rings is 1. The Kier molecular flexibility index (Phi) is 2.43. The van der Waals surface area contributed by atoms with Crippen LogP contribution in [0.5, 0.6) is 0 Å². The number of aryl methyl sites for hydroxylation is 1. The van der Waals surface area contributed by atoms with Crippen LogP contribution in [-0.4, -0.2) is 5.11 Å². The SMILES string of the molecule is Cc1cc(CO)c(F)c(C)c1F. The average molecular weight is 172 g/mol. The molecule has 0 fully saturated rings. The van der Waals surface area contributed by atoms with Gasteiger partial charge in [0.2, 0.25) is 0 Å². The lowest BCUT2D eigenvalue weighted by Gasteiger charge is -2.06. The molecule has 1 N–H and O–H groups in total. The van der Waals surface area contributed by atoms with E-state index in [-0.39, 0.29) is 11.1 Å². The molecule has 0 atom stereocenters. The van der Waals surface area contributed by atoms with E-state index in [1.54, 1.807) is 6.92 Å². The van der Waals surface area contributed by atoms with Crippen LogP contribution in [0.1, 0.15) is 16.7 Å². The van der Waals surface area contributed by atoms with Gasteiger partial charge in [0.1, 0.15) is 11.6 Å². The molecule has 3 heteroatoms. The third-order valence-corrected chi connectivity index (χ3v) is 1.85. The van der Waals surface area contributed by atoms with Crippen molar-refractivity contribution in [2.75, 3.05) is 0 Å². The maximum Gasteiger partial charge on any atom is 0.134 e. The van der Waals surface area contributed by atoms with Gasteiger partial charge in [0.15, 0.2) is 0 Å². The van der Waals surface area contributed by atoms with Crippen LogP contribution in [0.15, 0.2) is 6.07 Å². The first-order valence-corrected chi connectivity index (χ1v) is 3.63. The first-order chi connectivity index (χ1) is 5.57. The van der Waals surface area contributed by atoms with E-state index in [0.29, 0.717) is 5.56 Å². The minimum atomic E-state index is -0.652. The number of hydrogen-bond donors (Lipinski definition) is 1. The Balaban J connectivity index is 3.39. The highest BCUT2D eigenvalue weighted by molar-refractivity contribution is 5.31. The summed E-state index contributed by atoms with van der Waals surface area (Å²) in [7, 11) is 0. The number of halogens is 2. The van der Waals surface area contributed by atoms with Gasteiger partial charge in [-0.25, -0.2) is 8.78 Å². The minimum Gasteiger partial charge on any atom is -0.392 e. The predicted octanol–water partition coefficient (Wildman–Crippen LogP) is 2.07. The van der Waals surface area contributed by atoms with E-state index in [1.165, 1.54) is 13.0 Å². The second kappa shape index (κ2) is 3.19. The second-order valence-electron chi connectivity index (χ2n) is 2.76. The van der Waals surface area contributed by atoms with Gasteiger partial charge in [-0.05, 0) is 25.5 Å². The summed E-state index contributed by atoms with van der Waals surface area (Å²) in [6.45, 7) is 2.51. The van der Waals surface area contributed by atoms with Gasteiger partial charge in [-0.15, -0.1) is 0 Å². The normalized spacial score (nSPS) is 10.4. The van der Waals surface area contributed by atoms with Crippen LogP contribution in [-0.2, 0) is 6.61 Å². The first kappa shape index (κ1) is 9.13. The highest BCUT2D eigenvalue weighted by Crippen LogP contribution is 2.19. The molecule has 0 radical (unpaired) electrons. The molecule has 0 aliphatic carbocycles. The molecule has 1 aromatic rings. The largest absolute Gasteiger partial charge is 0.392 e. The summed E-state index contributed by atoms with van der Waals surface area (Å²) < 4.78 is 26.0. The zero-order valence-electron chi connectivity index (χ0n) is 6.99. The lowest BCUT2D eigenvalue weighted by atomic mass is 10.1. The molecule has 0 aliphatic heterocycles. The fourth-order valence-electron chi connectivity index (χ4n) is 1.14. The number of hydrogen-bond acceptors (Lipinski definition) is 1. The zero-order valence-corrected chi connectivity index (χ0v) is 6.99. The van der Waals surface area contributed by atoms with Gasteiger partial charge in [0.05, 0.1) is 6.61 Å². The topological polar surface area (TPSA) is 20.2 Å². The molecule has 0 saturated carbocycles. The lowest BCUT2D eigenvalue weighted by molar-refractivity contribution is 0.275. The summed E-state index contributed by atoms with van der Waals surface area (Å²) >= 11 is 0. The molecule has 1 aromatic carbocycles. The molecule has 12 heavy (non-hydrogen) atoms. The van der Waals surface area contributed by atoms with Gasteiger partial charge in [0, 0.05) is 11.1 Å². The van der Waals surface area contributed by atoms with Crippen molar-refractivity contribution in [2.45, 2.75) is 20.5 Å². The summed E-state index contributed by atoms with van der Waals surface area (Å²) in [4.78, 5) is 0. The fourth-order valence-corrected chi connectivity index (χ4v) is 1.14. The fraction of sp³-hybridized carbons (Fsp3) is 0.333. The molecule has 66 valence electrons. The highest BCUT2D eigenvalue weighted by atomic mass is 19.1. The molecule has 0 bridgehead atoms. The van der Waals surface area contributed by atoms with Crippen molar-refractivity contribution in [3.8, 4) is 0 Å². The van der Waals surface area contributed by atoms with Gasteiger partial charge < -0.3 is 5.11 Å². The molecule has 0 aliphatic rings. The minimum absolute atomic E-state index is 0.0287. The lowest BCUT2D eigenvalue weighted by Crippen LogP contribution is -1.99. The van der Waals surface area contributed by atoms with Crippen LogP contribution in [0.25, 0.3) is 0 Å². The van der Waals surface area contributed by atoms with Gasteiger partial charge in [-0.2, -0.15) is 0 Å². The van der Waals surface area contributed by atoms with E-state index < -0.39 is 18.2 Å². The highest BCUT2D eigenvalue weighted by Gasteiger charge is 2.11. The monoisotopic (exact) mass is 172 g/mol. The molecular formula is C9H10F2O. The summed E-state index contributed by atoms with van der Waals surface area (Å²) in [6, 6.07) is 1.32. The van der Waals surface area contributed by atoms with Crippen LogP contribution in [0.2, 0.25) is 0 Å². The van der Waals surface area contributed by atoms with Crippen LogP contribution < -0.4 is 0 Å². The predicted molar refractivity (Wildman–Crippen MR) is 41.8 cm³/mol. The van der Waals surface area contributed by atoms with Crippen LogP contribution >= 0.6 is 0 Å². The van der Waals surface area contributed by atoms with Crippen LogP contribution in [0.4, 0.5) is 8.78 Å². The van der Waals surface area contributed by atoms with Gasteiger partial charge in [0.25, 0.3) is 0 Å². The number of aliphatic hydroxyl groups is 1. The van der Waals surface area contributed by atoms with Crippen LogP contribution in [0, 0.1) is 25.5 Å². The Bertz CT molecular complexity index is 308. The van der Waals surface area contributed by atoms with E-state index in [2.05, 4.69) is 0 Å². The molecule has 0 unspecified atom stereocenters. The van der Waals surface area contributed by atoms with Gasteiger partial charge in [-0.1, -0.05) is 0 Å². The van der Waals surface area contributed by atoms with Crippen molar-refractivity contribution in [3.63, 3.8) is 0 Å². The van der Waals surface area contributed by atoms with Crippen molar-refractivity contribution in [2.24, 2.45) is 0 Å². The Morgan fingerprint density at radius 3 is 2.33 bits per heavy atom. The molecule has 0 aromatic heterocycles. The second-order valence-corrected chi connectivity index (χ2v) is 2.76. The molecule has 1 nitrogen and oxygen atoms in total. The molecule has 1 rings (SSSR count). The Morgan fingerprint density at radius 2 is 1.83 bits per heavy atom. The molecule has 0 amide bonds.